The van der Waals surface area contributed by atoms with E-state index >= 15 is 0 Å². The van der Waals surface area contributed by atoms with Crippen LogP contribution >= 0.6 is 0 Å². The van der Waals surface area contributed by atoms with Crippen LogP contribution in [-0.4, -0.2) is 12.7 Å². The lowest BCUT2D eigenvalue weighted by Gasteiger charge is -2.40. The number of methoxy groups -OCH3 is 1. The summed E-state index contributed by atoms with van der Waals surface area (Å²) in [5.74, 6) is 2.14. The standard InChI is InChI=1S/C25H30O2/c1-19(2)25(14-12-20(3)13-15-25)27-24-17-22(16-23(18-24)26-4)11-10-21-8-6-5-7-9-21/h5-12,16-19H,13-15H2,1-4H3/t25-/m0/s1. The van der Waals surface area contributed by atoms with Gasteiger partial charge in [-0.2, -0.15) is 0 Å². The predicted octanol–water partition coefficient (Wildman–Crippen LogP) is 6.77. The van der Waals surface area contributed by atoms with Crippen LogP contribution in [0.2, 0.25) is 0 Å². The number of ether oxygens (including phenoxy) is 2. The van der Waals surface area contributed by atoms with Crippen LogP contribution in [0.4, 0.5) is 0 Å². The first kappa shape index (κ1) is 19.3. The highest BCUT2D eigenvalue weighted by molar-refractivity contribution is 5.71. The quantitative estimate of drug-likeness (QED) is 0.417. The molecule has 142 valence electrons. The van der Waals surface area contributed by atoms with Crippen molar-refractivity contribution < 1.29 is 9.47 Å². The van der Waals surface area contributed by atoms with E-state index in [1.54, 1.807) is 7.11 Å². The molecule has 0 heterocycles. The van der Waals surface area contributed by atoms with Crippen molar-refractivity contribution >= 4 is 12.2 Å². The Balaban J connectivity index is 1.88. The van der Waals surface area contributed by atoms with Crippen molar-refractivity contribution in [2.24, 2.45) is 5.92 Å². The highest BCUT2D eigenvalue weighted by Crippen LogP contribution is 2.39. The van der Waals surface area contributed by atoms with Gasteiger partial charge in [-0.1, -0.05) is 68.0 Å². The Morgan fingerprint density at radius 3 is 2.30 bits per heavy atom. The smallest absolute Gasteiger partial charge is 0.124 e. The van der Waals surface area contributed by atoms with Crippen molar-refractivity contribution in [1.29, 1.82) is 0 Å². The lowest BCUT2D eigenvalue weighted by molar-refractivity contribution is 0.0119. The summed E-state index contributed by atoms with van der Waals surface area (Å²) in [6.07, 6.45) is 9.67. The van der Waals surface area contributed by atoms with Crippen molar-refractivity contribution in [1.82, 2.24) is 0 Å². The van der Waals surface area contributed by atoms with E-state index in [1.165, 1.54) is 11.1 Å². The summed E-state index contributed by atoms with van der Waals surface area (Å²) in [6.45, 7) is 6.72. The molecule has 1 aliphatic rings. The Kier molecular flexibility index (Phi) is 6.05. The van der Waals surface area contributed by atoms with Crippen LogP contribution in [0, 0.1) is 5.92 Å². The molecule has 27 heavy (non-hydrogen) atoms. The van der Waals surface area contributed by atoms with Gasteiger partial charge in [-0.25, -0.2) is 0 Å². The van der Waals surface area contributed by atoms with Crippen LogP contribution in [0.25, 0.3) is 12.2 Å². The first-order valence-corrected chi connectivity index (χ1v) is 9.77. The zero-order valence-corrected chi connectivity index (χ0v) is 16.9. The van der Waals surface area contributed by atoms with Gasteiger partial charge < -0.3 is 9.47 Å². The second kappa shape index (κ2) is 8.47. The van der Waals surface area contributed by atoms with E-state index in [0.29, 0.717) is 5.92 Å². The van der Waals surface area contributed by atoms with E-state index in [9.17, 15) is 0 Å². The van der Waals surface area contributed by atoms with E-state index in [2.05, 4.69) is 57.2 Å². The molecule has 0 amide bonds. The molecule has 2 heteroatoms. The summed E-state index contributed by atoms with van der Waals surface area (Å²) in [4.78, 5) is 0. The lowest BCUT2D eigenvalue weighted by Crippen LogP contribution is -2.42. The largest absolute Gasteiger partial charge is 0.497 e. The molecule has 0 fully saturated rings. The van der Waals surface area contributed by atoms with Gasteiger partial charge in [0, 0.05) is 12.5 Å². The van der Waals surface area contributed by atoms with E-state index < -0.39 is 0 Å². The minimum Gasteiger partial charge on any atom is -0.497 e. The lowest BCUT2D eigenvalue weighted by atomic mass is 9.78. The Morgan fingerprint density at radius 2 is 1.67 bits per heavy atom. The second-order valence-electron chi connectivity index (χ2n) is 7.76. The van der Waals surface area contributed by atoms with Crippen LogP contribution in [0.15, 0.2) is 60.2 Å². The Bertz CT molecular complexity index is 817. The summed E-state index contributed by atoms with van der Waals surface area (Å²) in [6, 6.07) is 16.5. The molecule has 0 radical (unpaired) electrons. The van der Waals surface area contributed by atoms with Gasteiger partial charge in [0.25, 0.3) is 0 Å². The van der Waals surface area contributed by atoms with Gasteiger partial charge in [-0.05, 0) is 48.9 Å². The van der Waals surface area contributed by atoms with E-state index in [0.717, 1.165) is 36.3 Å². The number of benzene rings is 2. The van der Waals surface area contributed by atoms with Crippen molar-refractivity contribution in [3.63, 3.8) is 0 Å². The maximum Gasteiger partial charge on any atom is 0.124 e. The molecular formula is C25H30O2. The van der Waals surface area contributed by atoms with Crippen molar-refractivity contribution in [3.8, 4) is 11.5 Å². The average molecular weight is 363 g/mol. The fourth-order valence-corrected chi connectivity index (χ4v) is 3.55. The van der Waals surface area contributed by atoms with Crippen LogP contribution in [0.3, 0.4) is 0 Å². The van der Waals surface area contributed by atoms with E-state index in [1.807, 2.05) is 30.3 Å². The van der Waals surface area contributed by atoms with Gasteiger partial charge in [0.15, 0.2) is 0 Å². The van der Waals surface area contributed by atoms with Gasteiger partial charge in [-0.3, -0.25) is 0 Å². The third kappa shape index (κ3) is 4.82. The summed E-state index contributed by atoms with van der Waals surface area (Å²) in [7, 11) is 1.70. The molecule has 0 spiro atoms. The van der Waals surface area contributed by atoms with Crippen LogP contribution in [0.1, 0.15) is 51.2 Å². The molecule has 1 aliphatic carbocycles. The molecule has 2 nitrogen and oxygen atoms in total. The molecule has 0 aliphatic heterocycles. The maximum atomic E-state index is 6.63. The fourth-order valence-electron chi connectivity index (χ4n) is 3.55. The first-order valence-electron chi connectivity index (χ1n) is 9.77. The van der Waals surface area contributed by atoms with Crippen LogP contribution in [0.5, 0.6) is 11.5 Å². The number of hydrogen-bond donors (Lipinski definition) is 0. The zero-order chi connectivity index (χ0) is 19.3. The van der Waals surface area contributed by atoms with Crippen LogP contribution in [-0.2, 0) is 0 Å². The van der Waals surface area contributed by atoms with Crippen molar-refractivity contribution in [2.75, 3.05) is 7.11 Å². The molecule has 0 N–H and O–H groups in total. The fraction of sp³-hybridized carbons (Fsp3) is 0.360. The molecule has 2 aromatic carbocycles. The third-order valence-corrected chi connectivity index (χ3v) is 5.52. The van der Waals surface area contributed by atoms with Crippen molar-refractivity contribution in [2.45, 2.75) is 45.6 Å². The summed E-state index contributed by atoms with van der Waals surface area (Å²) >= 11 is 0. The molecule has 0 saturated carbocycles. The SMILES string of the molecule is COc1cc(C=Cc2ccccc2)cc(O[C@@]2(C(C)C)CC=C(C)CC2)c1. The van der Waals surface area contributed by atoms with Gasteiger partial charge in [0.05, 0.1) is 7.11 Å². The predicted molar refractivity (Wildman–Crippen MR) is 114 cm³/mol. The molecule has 0 unspecified atom stereocenters. The second-order valence-corrected chi connectivity index (χ2v) is 7.76. The molecule has 3 rings (SSSR count). The highest BCUT2D eigenvalue weighted by atomic mass is 16.5. The van der Waals surface area contributed by atoms with Crippen LogP contribution < -0.4 is 9.47 Å². The summed E-state index contributed by atoms with van der Waals surface area (Å²) < 4.78 is 12.2. The topological polar surface area (TPSA) is 18.5 Å². The Morgan fingerprint density at radius 1 is 0.963 bits per heavy atom. The minimum atomic E-state index is -0.147. The Labute approximate surface area is 163 Å². The average Bonchev–Trinajstić information content (AvgIpc) is 2.69. The number of allylic oxidation sites excluding steroid dienone is 1. The molecule has 0 bridgehead atoms. The molecule has 2 aromatic rings. The minimum absolute atomic E-state index is 0.147. The molecule has 0 saturated heterocycles. The first-order chi connectivity index (χ1) is 13.0. The molecule has 1 atom stereocenters. The van der Waals surface area contributed by atoms with Gasteiger partial charge in [-0.15, -0.1) is 0 Å². The normalized spacial score (nSPS) is 20.0. The summed E-state index contributed by atoms with van der Waals surface area (Å²) in [5, 5.41) is 0. The van der Waals surface area contributed by atoms with E-state index in [-0.39, 0.29) is 5.60 Å². The van der Waals surface area contributed by atoms with E-state index in [4.69, 9.17) is 9.47 Å². The number of hydrogen-bond acceptors (Lipinski definition) is 2. The van der Waals surface area contributed by atoms with Gasteiger partial charge in [0.1, 0.15) is 17.1 Å². The summed E-state index contributed by atoms with van der Waals surface area (Å²) in [5.41, 5.74) is 3.57. The third-order valence-electron chi connectivity index (χ3n) is 5.52. The number of rotatable bonds is 6. The zero-order valence-electron chi connectivity index (χ0n) is 16.9. The van der Waals surface area contributed by atoms with Crippen molar-refractivity contribution in [3.05, 3.63) is 71.3 Å². The van der Waals surface area contributed by atoms with Gasteiger partial charge >= 0.3 is 0 Å². The monoisotopic (exact) mass is 362 g/mol. The highest BCUT2D eigenvalue weighted by Gasteiger charge is 2.37. The maximum absolute atomic E-state index is 6.63. The molecular weight excluding hydrogens is 332 g/mol. The van der Waals surface area contributed by atoms with Gasteiger partial charge in [0.2, 0.25) is 0 Å². The Hall–Kier alpha value is -2.48. The molecule has 0 aromatic heterocycles.